The van der Waals surface area contributed by atoms with Crippen LogP contribution >= 0.6 is 0 Å². The summed E-state index contributed by atoms with van der Waals surface area (Å²) in [7, 11) is 1.96. The van der Waals surface area contributed by atoms with Gasteiger partial charge in [-0.25, -0.2) is 4.79 Å². The quantitative estimate of drug-likeness (QED) is 0.818. The predicted molar refractivity (Wildman–Crippen MR) is 91.1 cm³/mol. The van der Waals surface area contributed by atoms with Crippen LogP contribution in [-0.2, 0) is 6.54 Å². The molecule has 0 unspecified atom stereocenters. The van der Waals surface area contributed by atoms with Gasteiger partial charge in [0, 0.05) is 25.7 Å². The van der Waals surface area contributed by atoms with Gasteiger partial charge in [0.25, 0.3) is 0 Å². The second-order valence-corrected chi connectivity index (χ2v) is 6.73. The van der Waals surface area contributed by atoms with Gasteiger partial charge < -0.3 is 15.5 Å². The molecule has 1 aromatic carbocycles. The summed E-state index contributed by atoms with van der Waals surface area (Å²) in [5, 5.41) is 5.40. The first-order valence-corrected chi connectivity index (χ1v) is 8.68. The molecule has 0 aromatic heterocycles. The Morgan fingerprint density at radius 1 is 1.24 bits per heavy atom. The first kappa shape index (κ1) is 19.6. The number of rotatable bonds is 6. The van der Waals surface area contributed by atoms with Crippen molar-refractivity contribution >= 4 is 6.03 Å². The summed E-state index contributed by atoms with van der Waals surface area (Å²) in [6.07, 6.45) is -2.93. The highest BCUT2D eigenvalue weighted by Crippen LogP contribution is 2.37. The van der Waals surface area contributed by atoms with Gasteiger partial charge in [0.15, 0.2) is 0 Å². The molecule has 0 spiro atoms. The minimum atomic E-state index is -4.17. The van der Waals surface area contributed by atoms with Crippen LogP contribution in [0, 0.1) is 5.92 Å². The minimum absolute atomic E-state index is 0.0230. The number of hydrogen-bond donors (Lipinski definition) is 2. The molecule has 1 aliphatic rings. The van der Waals surface area contributed by atoms with Crippen LogP contribution in [0.25, 0.3) is 0 Å². The van der Waals surface area contributed by atoms with E-state index in [4.69, 9.17) is 0 Å². The van der Waals surface area contributed by atoms with Crippen LogP contribution in [0.5, 0.6) is 0 Å². The molecule has 0 heterocycles. The van der Waals surface area contributed by atoms with Gasteiger partial charge in [-0.1, -0.05) is 36.8 Å². The van der Waals surface area contributed by atoms with Crippen molar-refractivity contribution < 1.29 is 18.0 Å². The smallest absolute Gasteiger partial charge is 0.337 e. The second-order valence-electron chi connectivity index (χ2n) is 6.73. The number of likely N-dealkylation sites (N-methyl/N-ethyl adjacent to an activating group) is 1. The van der Waals surface area contributed by atoms with Gasteiger partial charge in [0.05, 0.1) is 5.92 Å². The highest BCUT2D eigenvalue weighted by molar-refractivity contribution is 5.74. The molecular weight excluding hydrogens is 331 g/mol. The molecule has 1 saturated carbocycles. The SMILES string of the molecule is CN(CCNC(=O)N[C@@H]1CCC[C@H](C(F)(F)F)C1)Cc1ccccc1. The van der Waals surface area contributed by atoms with Crippen LogP contribution in [-0.4, -0.2) is 43.3 Å². The Balaban J connectivity index is 1.65. The van der Waals surface area contributed by atoms with Gasteiger partial charge in [-0.15, -0.1) is 0 Å². The van der Waals surface area contributed by atoms with Crippen LogP contribution in [0.3, 0.4) is 0 Å². The molecule has 1 aliphatic carbocycles. The molecule has 25 heavy (non-hydrogen) atoms. The van der Waals surface area contributed by atoms with Crippen molar-refractivity contribution in [2.24, 2.45) is 5.92 Å². The number of nitrogens with zero attached hydrogens (tertiary/aromatic N) is 1. The van der Waals surface area contributed by atoms with E-state index in [1.165, 1.54) is 5.56 Å². The first-order chi connectivity index (χ1) is 11.8. The van der Waals surface area contributed by atoms with Crippen LogP contribution < -0.4 is 10.6 Å². The maximum atomic E-state index is 12.8. The molecule has 1 aromatic rings. The fourth-order valence-electron chi connectivity index (χ4n) is 3.19. The number of carbonyl (C=O) groups excluding carboxylic acids is 1. The Labute approximate surface area is 146 Å². The average molecular weight is 357 g/mol. The molecule has 2 N–H and O–H groups in total. The molecule has 2 atom stereocenters. The molecule has 2 rings (SSSR count). The summed E-state index contributed by atoms with van der Waals surface area (Å²) in [4.78, 5) is 14.0. The highest BCUT2D eigenvalue weighted by atomic mass is 19.4. The Morgan fingerprint density at radius 3 is 2.64 bits per heavy atom. The van der Waals surface area contributed by atoms with E-state index < -0.39 is 18.1 Å². The number of benzene rings is 1. The molecule has 2 amide bonds. The monoisotopic (exact) mass is 357 g/mol. The van der Waals surface area contributed by atoms with Crippen LogP contribution in [0.1, 0.15) is 31.2 Å². The normalized spacial score (nSPS) is 21.2. The molecule has 7 heteroatoms. The Morgan fingerprint density at radius 2 is 1.96 bits per heavy atom. The van der Waals surface area contributed by atoms with E-state index in [0.717, 1.165) is 6.54 Å². The lowest BCUT2D eigenvalue weighted by atomic mass is 9.85. The minimum Gasteiger partial charge on any atom is -0.337 e. The standard InChI is InChI=1S/C18H26F3N3O/c1-24(13-14-6-3-2-4-7-14)11-10-22-17(25)23-16-9-5-8-15(12-16)18(19,20)21/h2-4,6-7,15-16H,5,8-13H2,1H3,(H2,22,23,25)/t15-,16+/m0/s1. The lowest BCUT2D eigenvalue weighted by molar-refractivity contribution is -0.183. The number of nitrogens with one attached hydrogen (secondary N) is 2. The van der Waals surface area contributed by atoms with Crippen LogP contribution in [0.15, 0.2) is 30.3 Å². The van der Waals surface area contributed by atoms with E-state index in [1.54, 1.807) is 0 Å². The van der Waals surface area contributed by atoms with Crippen molar-refractivity contribution in [3.63, 3.8) is 0 Å². The average Bonchev–Trinajstić information content (AvgIpc) is 2.55. The topological polar surface area (TPSA) is 44.4 Å². The number of halogens is 3. The molecule has 140 valence electrons. The van der Waals surface area contributed by atoms with Crippen LogP contribution in [0.4, 0.5) is 18.0 Å². The van der Waals surface area contributed by atoms with Gasteiger partial charge in [0.2, 0.25) is 0 Å². The van der Waals surface area contributed by atoms with Gasteiger partial charge >= 0.3 is 12.2 Å². The van der Waals surface area contributed by atoms with Crippen molar-refractivity contribution in [1.29, 1.82) is 0 Å². The third kappa shape index (κ3) is 6.94. The van der Waals surface area contributed by atoms with Crippen molar-refractivity contribution in [3.05, 3.63) is 35.9 Å². The molecule has 0 bridgehead atoms. The molecule has 1 fully saturated rings. The summed E-state index contributed by atoms with van der Waals surface area (Å²) < 4.78 is 38.4. The van der Waals surface area contributed by atoms with E-state index >= 15 is 0 Å². The van der Waals surface area contributed by atoms with Crippen molar-refractivity contribution in [2.75, 3.05) is 20.1 Å². The fourth-order valence-corrected chi connectivity index (χ4v) is 3.19. The summed E-state index contributed by atoms with van der Waals surface area (Å²) in [6.45, 7) is 1.89. The zero-order valence-corrected chi connectivity index (χ0v) is 14.5. The lowest BCUT2D eigenvalue weighted by Crippen LogP contribution is -2.47. The third-order valence-corrected chi connectivity index (χ3v) is 4.55. The van der Waals surface area contributed by atoms with E-state index in [0.29, 0.717) is 25.9 Å². The van der Waals surface area contributed by atoms with Crippen LogP contribution in [0.2, 0.25) is 0 Å². The van der Waals surface area contributed by atoms with Gasteiger partial charge in [0.1, 0.15) is 0 Å². The molecular formula is C18H26F3N3O. The number of amides is 2. The summed E-state index contributed by atoms with van der Waals surface area (Å²) >= 11 is 0. The van der Waals surface area contributed by atoms with E-state index in [2.05, 4.69) is 15.5 Å². The van der Waals surface area contributed by atoms with Gasteiger partial charge in [-0.05, 0) is 31.9 Å². The van der Waals surface area contributed by atoms with Gasteiger partial charge in [-0.2, -0.15) is 13.2 Å². The first-order valence-electron chi connectivity index (χ1n) is 8.68. The Kier molecular flexibility index (Phi) is 7.11. The van der Waals surface area contributed by atoms with Crippen molar-refractivity contribution in [2.45, 2.75) is 44.4 Å². The molecule has 4 nitrogen and oxygen atoms in total. The lowest BCUT2D eigenvalue weighted by Gasteiger charge is -2.31. The Hall–Kier alpha value is -1.76. The second kappa shape index (κ2) is 9.08. The number of hydrogen-bond acceptors (Lipinski definition) is 2. The molecule has 0 aliphatic heterocycles. The van der Waals surface area contributed by atoms with Crippen molar-refractivity contribution in [1.82, 2.24) is 15.5 Å². The van der Waals surface area contributed by atoms with E-state index in [9.17, 15) is 18.0 Å². The summed E-state index contributed by atoms with van der Waals surface area (Å²) in [6, 6.07) is 9.21. The third-order valence-electron chi connectivity index (χ3n) is 4.55. The fraction of sp³-hybridized carbons (Fsp3) is 0.611. The molecule has 0 radical (unpaired) electrons. The van der Waals surface area contributed by atoms with Gasteiger partial charge in [-0.3, -0.25) is 0 Å². The molecule has 0 saturated heterocycles. The zero-order chi connectivity index (χ0) is 18.3. The highest BCUT2D eigenvalue weighted by Gasteiger charge is 2.42. The number of carbonyl (C=O) groups is 1. The van der Waals surface area contributed by atoms with E-state index in [1.807, 2.05) is 37.4 Å². The maximum absolute atomic E-state index is 12.8. The number of urea groups is 1. The zero-order valence-electron chi connectivity index (χ0n) is 14.5. The largest absolute Gasteiger partial charge is 0.391 e. The number of alkyl halides is 3. The van der Waals surface area contributed by atoms with E-state index in [-0.39, 0.29) is 18.9 Å². The van der Waals surface area contributed by atoms with Crippen molar-refractivity contribution in [3.8, 4) is 0 Å². The Bertz CT molecular complexity index is 536. The predicted octanol–water partition coefficient (Wildman–Crippen LogP) is 3.54. The summed E-state index contributed by atoms with van der Waals surface area (Å²) in [5.74, 6) is -1.30. The summed E-state index contributed by atoms with van der Waals surface area (Å²) in [5.41, 5.74) is 1.19. The maximum Gasteiger partial charge on any atom is 0.391 e.